The standard InChI is InChI=1S/C18H20F4N2O2/c1-24-16-14(20)13(25-11-8-18(21,22)9-11)7-12(19)15(16)23-17(24)26-10-5-3-2-4-6-10/h7,10-11H,2-6,8-9H2,1H3. The summed E-state index contributed by atoms with van der Waals surface area (Å²) in [6.07, 6.45) is 3.23. The number of halogens is 4. The molecule has 2 aliphatic carbocycles. The molecular formula is C18H20F4N2O2. The highest BCUT2D eigenvalue weighted by atomic mass is 19.3. The highest BCUT2D eigenvalue weighted by Gasteiger charge is 2.47. The maximum absolute atomic E-state index is 14.8. The van der Waals surface area contributed by atoms with Crippen LogP contribution in [0, 0.1) is 11.6 Å². The van der Waals surface area contributed by atoms with Crippen LogP contribution in [0.1, 0.15) is 44.9 Å². The van der Waals surface area contributed by atoms with Gasteiger partial charge in [0.05, 0.1) is 0 Å². The number of aromatic nitrogens is 2. The van der Waals surface area contributed by atoms with Crippen LogP contribution in [0.4, 0.5) is 17.6 Å². The minimum atomic E-state index is -2.79. The second-order valence-corrected chi connectivity index (χ2v) is 7.20. The molecule has 0 spiro atoms. The van der Waals surface area contributed by atoms with Gasteiger partial charge < -0.3 is 9.47 Å². The van der Waals surface area contributed by atoms with Crippen LogP contribution >= 0.6 is 0 Å². The molecule has 0 N–H and O–H groups in total. The van der Waals surface area contributed by atoms with E-state index in [4.69, 9.17) is 9.47 Å². The van der Waals surface area contributed by atoms with Crippen molar-refractivity contribution in [2.45, 2.75) is 63.1 Å². The van der Waals surface area contributed by atoms with Crippen LogP contribution in [0.15, 0.2) is 6.07 Å². The monoisotopic (exact) mass is 372 g/mol. The first-order chi connectivity index (χ1) is 12.3. The Balaban J connectivity index is 1.62. The summed E-state index contributed by atoms with van der Waals surface area (Å²) in [7, 11) is 1.54. The van der Waals surface area contributed by atoms with Gasteiger partial charge in [0.25, 0.3) is 11.9 Å². The average Bonchev–Trinajstić information content (AvgIpc) is 2.89. The molecule has 142 valence electrons. The topological polar surface area (TPSA) is 36.3 Å². The highest BCUT2D eigenvalue weighted by molar-refractivity contribution is 5.80. The Morgan fingerprint density at radius 2 is 1.77 bits per heavy atom. The Kier molecular flexibility index (Phi) is 4.23. The van der Waals surface area contributed by atoms with Gasteiger partial charge in [-0.05, 0) is 25.7 Å². The van der Waals surface area contributed by atoms with Crippen molar-refractivity contribution in [1.29, 1.82) is 0 Å². The number of ether oxygens (including phenoxy) is 2. The Labute approximate surface area is 148 Å². The lowest BCUT2D eigenvalue weighted by molar-refractivity contribution is -0.135. The van der Waals surface area contributed by atoms with E-state index in [0.29, 0.717) is 0 Å². The smallest absolute Gasteiger partial charge is 0.297 e. The normalized spacial score (nSPS) is 21.0. The number of benzene rings is 1. The van der Waals surface area contributed by atoms with E-state index in [1.165, 1.54) is 11.6 Å². The average molecular weight is 372 g/mol. The Morgan fingerprint density at radius 3 is 2.42 bits per heavy atom. The number of nitrogens with zero attached hydrogens (tertiary/aromatic N) is 2. The van der Waals surface area contributed by atoms with E-state index in [2.05, 4.69) is 4.98 Å². The Hall–Kier alpha value is -1.99. The van der Waals surface area contributed by atoms with Gasteiger partial charge in [-0.2, -0.15) is 4.98 Å². The summed E-state index contributed by atoms with van der Waals surface area (Å²) in [5, 5.41) is 0. The van der Waals surface area contributed by atoms with Gasteiger partial charge in [0.2, 0.25) is 0 Å². The van der Waals surface area contributed by atoms with Crippen LogP contribution in [0.3, 0.4) is 0 Å². The summed E-state index contributed by atoms with van der Waals surface area (Å²) in [6, 6.07) is 1.02. The summed E-state index contributed by atoms with van der Waals surface area (Å²) < 4.78 is 67.5. The summed E-state index contributed by atoms with van der Waals surface area (Å²) in [4.78, 5) is 4.09. The first-order valence-electron chi connectivity index (χ1n) is 8.89. The van der Waals surface area contributed by atoms with Crippen molar-refractivity contribution in [2.75, 3.05) is 0 Å². The number of alkyl halides is 2. The van der Waals surface area contributed by atoms with E-state index in [0.717, 1.165) is 38.2 Å². The number of aryl methyl sites for hydroxylation is 1. The molecule has 0 radical (unpaired) electrons. The van der Waals surface area contributed by atoms with Gasteiger partial charge in [0.1, 0.15) is 23.2 Å². The quantitative estimate of drug-likeness (QED) is 0.728. The zero-order valence-electron chi connectivity index (χ0n) is 14.4. The molecule has 0 atom stereocenters. The molecule has 2 aliphatic rings. The van der Waals surface area contributed by atoms with Crippen molar-refractivity contribution in [1.82, 2.24) is 9.55 Å². The Morgan fingerprint density at radius 1 is 1.08 bits per heavy atom. The molecule has 4 nitrogen and oxygen atoms in total. The number of hydrogen-bond donors (Lipinski definition) is 0. The van der Waals surface area contributed by atoms with Crippen molar-refractivity contribution >= 4 is 11.0 Å². The first-order valence-corrected chi connectivity index (χ1v) is 8.89. The van der Waals surface area contributed by atoms with Gasteiger partial charge in [-0.25, -0.2) is 17.6 Å². The van der Waals surface area contributed by atoms with Gasteiger partial charge in [-0.3, -0.25) is 4.57 Å². The molecule has 0 aliphatic heterocycles. The van der Waals surface area contributed by atoms with Gasteiger partial charge >= 0.3 is 0 Å². The molecule has 2 aromatic rings. The van der Waals surface area contributed by atoms with E-state index in [1.807, 2.05) is 0 Å². The molecule has 2 fully saturated rings. The van der Waals surface area contributed by atoms with Gasteiger partial charge in [0.15, 0.2) is 17.4 Å². The van der Waals surface area contributed by atoms with E-state index >= 15 is 0 Å². The minimum absolute atomic E-state index is 0.0155. The summed E-state index contributed by atoms with van der Waals surface area (Å²) >= 11 is 0. The van der Waals surface area contributed by atoms with Crippen LogP contribution in [0.2, 0.25) is 0 Å². The molecule has 1 aromatic carbocycles. The lowest BCUT2D eigenvalue weighted by Crippen LogP contribution is -2.43. The van der Waals surface area contributed by atoms with Gasteiger partial charge in [-0.1, -0.05) is 6.42 Å². The molecule has 1 heterocycles. The fraction of sp³-hybridized carbons (Fsp3) is 0.611. The van der Waals surface area contributed by atoms with Crippen LogP contribution in [0.5, 0.6) is 11.8 Å². The van der Waals surface area contributed by atoms with Crippen LogP contribution in [-0.4, -0.2) is 27.7 Å². The third kappa shape index (κ3) is 3.10. The zero-order chi connectivity index (χ0) is 18.5. The summed E-state index contributed by atoms with van der Waals surface area (Å²) in [6.45, 7) is 0. The Bertz CT molecular complexity index is 822. The van der Waals surface area contributed by atoms with Crippen LogP contribution in [0.25, 0.3) is 11.0 Å². The van der Waals surface area contributed by atoms with Crippen molar-refractivity contribution in [3.8, 4) is 11.8 Å². The number of fused-ring (bicyclic) bond motifs is 1. The molecular weight excluding hydrogens is 352 g/mol. The molecule has 0 unspecified atom stereocenters. The fourth-order valence-electron chi connectivity index (χ4n) is 3.65. The molecule has 4 rings (SSSR count). The number of rotatable bonds is 4. The predicted octanol–water partition coefficient (Wildman–Crippen LogP) is 4.74. The maximum Gasteiger partial charge on any atom is 0.297 e. The largest absolute Gasteiger partial charge is 0.487 e. The second kappa shape index (κ2) is 6.32. The molecule has 0 saturated heterocycles. The molecule has 0 amide bonds. The lowest BCUT2D eigenvalue weighted by Gasteiger charge is -2.34. The van der Waals surface area contributed by atoms with Crippen molar-refractivity contribution in [3.63, 3.8) is 0 Å². The van der Waals surface area contributed by atoms with E-state index in [1.54, 1.807) is 0 Å². The first kappa shape index (κ1) is 17.4. The fourth-order valence-corrected chi connectivity index (χ4v) is 3.65. The molecule has 0 bridgehead atoms. The van der Waals surface area contributed by atoms with E-state index < -0.39 is 36.5 Å². The van der Waals surface area contributed by atoms with Crippen molar-refractivity contribution < 1.29 is 27.0 Å². The number of imidazole rings is 1. The van der Waals surface area contributed by atoms with E-state index in [-0.39, 0.29) is 28.9 Å². The second-order valence-electron chi connectivity index (χ2n) is 7.20. The maximum atomic E-state index is 14.8. The van der Waals surface area contributed by atoms with E-state index in [9.17, 15) is 17.6 Å². The van der Waals surface area contributed by atoms with Crippen molar-refractivity contribution in [2.24, 2.45) is 7.05 Å². The summed E-state index contributed by atoms with van der Waals surface area (Å²) in [5.74, 6) is -4.75. The highest BCUT2D eigenvalue weighted by Crippen LogP contribution is 2.41. The molecule has 1 aromatic heterocycles. The van der Waals surface area contributed by atoms with Gasteiger partial charge in [-0.15, -0.1) is 0 Å². The SMILES string of the molecule is Cn1c(OC2CCCCC2)nc2c(F)cc(OC3CC(F)(F)C3)c(F)c21. The van der Waals surface area contributed by atoms with Gasteiger partial charge in [0, 0.05) is 26.0 Å². The molecule has 26 heavy (non-hydrogen) atoms. The van der Waals surface area contributed by atoms with Crippen LogP contribution < -0.4 is 9.47 Å². The third-order valence-corrected chi connectivity index (χ3v) is 5.13. The van der Waals surface area contributed by atoms with Crippen LogP contribution in [-0.2, 0) is 7.05 Å². The zero-order valence-corrected chi connectivity index (χ0v) is 14.4. The number of hydrogen-bond acceptors (Lipinski definition) is 3. The lowest BCUT2D eigenvalue weighted by atomic mass is 9.91. The summed E-state index contributed by atoms with van der Waals surface area (Å²) in [5.41, 5.74) is -0.237. The molecule has 2 saturated carbocycles. The predicted molar refractivity (Wildman–Crippen MR) is 86.7 cm³/mol. The van der Waals surface area contributed by atoms with Crippen molar-refractivity contribution in [3.05, 3.63) is 17.7 Å². The third-order valence-electron chi connectivity index (χ3n) is 5.13. The minimum Gasteiger partial charge on any atom is -0.487 e. The molecule has 8 heteroatoms.